The Bertz CT molecular complexity index is 446. The van der Waals surface area contributed by atoms with Crippen molar-refractivity contribution >= 4 is 6.40 Å². The highest BCUT2D eigenvalue weighted by Crippen LogP contribution is 2.34. The third-order valence-corrected chi connectivity index (χ3v) is 4.03. The molecule has 1 fully saturated rings. The minimum Gasteiger partial charge on any atom is -1.00 e. The van der Waals surface area contributed by atoms with Gasteiger partial charge in [-0.15, -0.1) is 0 Å². The van der Waals surface area contributed by atoms with Gasteiger partial charge in [-0.3, -0.25) is 0 Å². The van der Waals surface area contributed by atoms with Crippen molar-refractivity contribution in [1.29, 1.82) is 0 Å². The maximum absolute atomic E-state index is 6.13. The Labute approximate surface area is 135 Å². The summed E-state index contributed by atoms with van der Waals surface area (Å²) in [6, 6.07) is 6.53. The van der Waals surface area contributed by atoms with Crippen molar-refractivity contribution in [3.63, 3.8) is 0 Å². The van der Waals surface area contributed by atoms with Gasteiger partial charge in [0.2, 0.25) is 0 Å². The van der Waals surface area contributed by atoms with Crippen LogP contribution in [0.4, 0.5) is 0 Å². The van der Waals surface area contributed by atoms with Crippen LogP contribution >= 0.6 is 0 Å². The Balaban J connectivity index is 0.00000220. The van der Waals surface area contributed by atoms with Crippen LogP contribution in [0.3, 0.4) is 0 Å². The highest BCUT2D eigenvalue weighted by atomic mass is 35.5. The number of nitrogens with zero attached hydrogens (tertiary/aromatic N) is 1. The smallest absolute Gasteiger partial charge is 0.329 e. The molecule has 0 bridgehead atoms. The Morgan fingerprint density at radius 2 is 1.48 bits per heavy atom. The maximum atomic E-state index is 6.13. The van der Waals surface area contributed by atoms with E-state index in [-0.39, 0.29) is 12.4 Å². The summed E-state index contributed by atoms with van der Waals surface area (Å²) in [6.07, 6.45) is 5.86. The zero-order chi connectivity index (χ0) is 14.5. The molecule has 118 valence electrons. The topological polar surface area (TPSA) is 12.2 Å². The number of piperidine rings is 1. The van der Waals surface area contributed by atoms with Crippen molar-refractivity contribution in [2.45, 2.75) is 58.8 Å². The lowest BCUT2D eigenvalue weighted by Gasteiger charge is -2.17. The lowest BCUT2D eigenvalue weighted by Crippen LogP contribution is -3.00. The minimum absolute atomic E-state index is 0. The van der Waals surface area contributed by atoms with E-state index in [4.69, 9.17) is 4.74 Å². The molecule has 0 saturated carbocycles. The van der Waals surface area contributed by atoms with Gasteiger partial charge in [-0.1, -0.05) is 45.9 Å². The summed E-state index contributed by atoms with van der Waals surface area (Å²) in [5.41, 5.74) is 2.62. The molecule has 0 aliphatic carbocycles. The van der Waals surface area contributed by atoms with Crippen LogP contribution < -0.4 is 17.1 Å². The molecule has 2 rings (SSSR count). The number of hydrogen-bond acceptors (Lipinski definition) is 1. The van der Waals surface area contributed by atoms with Gasteiger partial charge in [0.05, 0.1) is 0 Å². The summed E-state index contributed by atoms with van der Waals surface area (Å²) in [4.78, 5) is 0. The van der Waals surface area contributed by atoms with Crippen molar-refractivity contribution in [3.8, 4) is 5.75 Å². The Morgan fingerprint density at radius 1 is 0.952 bits per heavy atom. The quantitative estimate of drug-likeness (QED) is 0.607. The van der Waals surface area contributed by atoms with E-state index < -0.39 is 0 Å². The molecule has 1 heterocycles. The normalized spacial score (nSPS) is 15.0. The molecule has 1 saturated heterocycles. The SMILES string of the molecule is CC(C)c1cccc(C(C)C)c1OC=[N+]1CCCCC1.[Cl-]. The van der Waals surface area contributed by atoms with Crippen LogP contribution in [0.25, 0.3) is 0 Å². The molecule has 0 atom stereocenters. The van der Waals surface area contributed by atoms with Crippen LogP contribution in [0.1, 0.15) is 69.9 Å². The van der Waals surface area contributed by atoms with Gasteiger partial charge in [-0.25, -0.2) is 4.58 Å². The molecular weight excluding hydrogens is 282 g/mol. The monoisotopic (exact) mass is 309 g/mol. The number of para-hydroxylation sites is 1. The van der Waals surface area contributed by atoms with Crippen molar-refractivity contribution in [3.05, 3.63) is 29.3 Å². The van der Waals surface area contributed by atoms with Crippen LogP contribution in [-0.2, 0) is 0 Å². The van der Waals surface area contributed by atoms with Gasteiger partial charge < -0.3 is 17.1 Å². The van der Waals surface area contributed by atoms with Gasteiger partial charge in [0.25, 0.3) is 0 Å². The molecule has 0 radical (unpaired) electrons. The standard InChI is InChI=1S/C18H28NO.ClH/c1-14(2)16-9-8-10-17(15(3)4)18(16)20-13-19-11-6-5-7-12-19;/h8-10,13-15H,5-7,11-12H2,1-4H3;1H/q+1;/p-1. The highest BCUT2D eigenvalue weighted by Gasteiger charge is 2.17. The van der Waals surface area contributed by atoms with E-state index in [0.717, 1.165) is 18.8 Å². The third-order valence-electron chi connectivity index (χ3n) is 4.03. The van der Waals surface area contributed by atoms with Gasteiger partial charge >= 0.3 is 6.40 Å². The molecule has 1 aromatic rings. The maximum Gasteiger partial charge on any atom is 0.329 e. The summed E-state index contributed by atoms with van der Waals surface area (Å²) in [6.45, 7) is 11.2. The van der Waals surface area contributed by atoms with Crippen molar-refractivity contribution in [2.75, 3.05) is 13.1 Å². The average molecular weight is 310 g/mol. The largest absolute Gasteiger partial charge is 1.00 e. The average Bonchev–Trinajstić information content (AvgIpc) is 2.45. The van der Waals surface area contributed by atoms with E-state index in [1.165, 1.54) is 30.4 Å². The summed E-state index contributed by atoms with van der Waals surface area (Å²) in [7, 11) is 0. The van der Waals surface area contributed by atoms with E-state index in [1.807, 2.05) is 6.40 Å². The number of benzene rings is 1. The minimum atomic E-state index is 0. The molecule has 2 nitrogen and oxygen atoms in total. The van der Waals surface area contributed by atoms with Gasteiger partial charge in [0.15, 0.2) is 0 Å². The molecule has 1 aromatic carbocycles. The molecule has 0 spiro atoms. The van der Waals surface area contributed by atoms with Crippen LogP contribution in [0.5, 0.6) is 5.75 Å². The highest BCUT2D eigenvalue weighted by molar-refractivity contribution is 5.54. The lowest BCUT2D eigenvalue weighted by atomic mass is 9.94. The van der Waals surface area contributed by atoms with Crippen LogP contribution in [0, 0.1) is 0 Å². The zero-order valence-corrected chi connectivity index (χ0v) is 14.5. The lowest BCUT2D eigenvalue weighted by molar-refractivity contribution is -0.538. The third kappa shape index (κ3) is 4.74. The number of hydrogen-bond donors (Lipinski definition) is 0. The molecule has 0 aromatic heterocycles. The van der Waals surface area contributed by atoms with Crippen molar-refractivity contribution in [2.24, 2.45) is 0 Å². The number of halogens is 1. The Morgan fingerprint density at radius 3 is 1.95 bits per heavy atom. The van der Waals surface area contributed by atoms with Gasteiger partial charge in [0, 0.05) is 12.8 Å². The van der Waals surface area contributed by atoms with Gasteiger partial charge in [0.1, 0.15) is 18.8 Å². The molecule has 0 amide bonds. The molecule has 1 aliphatic heterocycles. The molecule has 21 heavy (non-hydrogen) atoms. The van der Waals surface area contributed by atoms with E-state index >= 15 is 0 Å². The zero-order valence-electron chi connectivity index (χ0n) is 13.7. The van der Waals surface area contributed by atoms with E-state index in [0.29, 0.717) is 11.8 Å². The van der Waals surface area contributed by atoms with Crippen LogP contribution in [0.15, 0.2) is 18.2 Å². The van der Waals surface area contributed by atoms with E-state index in [9.17, 15) is 0 Å². The summed E-state index contributed by atoms with van der Waals surface area (Å²) in [5.74, 6) is 2.04. The molecule has 1 aliphatic rings. The second-order valence-corrected chi connectivity index (χ2v) is 6.39. The number of rotatable bonds is 4. The Kier molecular flexibility index (Phi) is 7.24. The van der Waals surface area contributed by atoms with Gasteiger partial charge in [-0.05, 0) is 29.4 Å². The van der Waals surface area contributed by atoms with E-state index in [2.05, 4.69) is 50.5 Å². The summed E-state index contributed by atoms with van der Waals surface area (Å²) >= 11 is 0. The fourth-order valence-electron chi connectivity index (χ4n) is 2.77. The molecule has 0 N–H and O–H groups in total. The Hall–Kier alpha value is -1.02. The number of ether oxygens (including phenoxy) is 1. The van der Waals surface area contributed by atoms with Gasteiger partial charge in [-0.2, -0.15) is 0 Å². The first-order valence-electron chi connectivity index (χ1n) is 7.96. The first kappa shape index (κ1) is 18.0. The van der Waals surface area contributed by atoms with Crippen LogP contribution in [-0.4, -0.2) is 24.1 Å². The van der Waals surface area contributed by atoms with Crippen LogP contribution in [0.2, 0.25) is 0 Å². The van der Waals surface area contributed by atoms with Crippen molar-refractivity contribution < 1.29 is 21.7 Å². The molecule has 0 unspecified atom stereocenters. The van der Waals surface area contributed by atoms with E-state index in [1.54, 1.807) is 0 Å². The second-order valence-electron chi connectivity index (χ2n) is 6.39. The predicted octanol–water partition coefficient (Wildman–Crippen LogP) is 1.54. The first-order valence-corrected chi connectivity index (χ1v) is 7.96. The molecular formula is C18H28ClNO. The fourth-order valence-corrected chi connectivity index (χ4v) is 2.77. The summed E-state index contributed by atoms with van der Waals surface area (Å²) in [5, 5.41) is 0. The summed E-state index contributed by atoms with van der Waals surface area (Å²) < 4.78 is 8.44. The van der Waals surface area contributed by atoms with Crippen molar-refractivity contribution in [1.82, 2.24) is 0 Å². The first-order chi connectivity index (χ1) is 9.59. The molecule has 3 heteroatoms. The second kappa shape index (κ2) is 8.43. The predicted molar refractivity (Wildman–Crippen MR) is 85.2 cm³/mol. The fraction of sp³-hybridized carbons (Fsp3) is 0.611.